The van der Waals surface area contributed by atoms with E-state index in [9.17, 15) is 8.42 Å². The molecule has 0 aliphatic carbocycles. The molecule has 1 rings (SSSR count). The molecule has 90 valence electrons. The van der Waals surface area contributed by atoms with Gasteiger partial charge in [0.25, 0.3) is 0 Å². The van der Waals surface area contributed by atoms with E-state index in [0.717, 1.165) is 0 Å². The molecule has 0 spiro atoms. The largest absolute Gasteiger partial charge is 0.229 e. The van der Waals surface area contributed by atoms with Gasteiger partial charge >= 0.3 is 0 Å². The second kappa shape index (κ2) is 5.73. The predicted molar refractivity (Wildman–Crippen MR) is 71.0 cm³/mol. The molecule has 0 saturated carbocycles. The maximum atomic E-state index is 11.3. The number of sulfone groups is 1. The van der Waals surface area contributed by atoms with Crippen LogP contribution in [-0.4, -0.2) is 25.7 Å². The van der Waals surface area contributed by atoms with Crippen LogP contribution in [0.4, 0.5) is 0 Å². The van der Waals surface area contributed by atoms with Crippen molar-refractivity contribution in [2.24, 2.45) is 0 Å². The Balaban J connectivity index is 2.59. The summed E-state index contributed by atoms with van der Waals surface area (Å²) in [7, 11) is -2.83. The van der Waals surface area contributed by atoms with Crippen LogP contribution in [0.25, 0.3) is 0 Å². The van der Waals surface area contributed by atoms with Crippen molar-refractivity contribution in [2.75, 3.05) is 17.3 Å². The van der Waals surface area contributed by atoms with Crippen molar-refractivity contribution in [3.05, 3.63) is 29.3 Å². The highest BCUT2D eigenvalue weighted by Crippen LogP contribution is 2.23. The Labute approximate surface area is 102 Å². The molecular formula is C12H18O2S2. The molecule has 0 fully saturated rings. The average molecular weight is 258 g/mol. The van der Waals surface area contributed by atoms with Crippen molar-refractivity contribution in [2.45, 2.75) is 25.7 Å². The van der Waals surface area contributed by atoms with E-state index in [0.29, 0.717) is 5.75 Å². The van der Waals surface area contributed by atoms with Crippen LogP contribution in [0.1, 0.15) is 18.1 Å². The number of benzene rings is 1. The van der Waals surface area contributed by atoms with Gasteiger partial charge in [-0.25, -0.2) is 8.42 Å². The molecule has 0 amide bonds. The fourth-order valence-corrected chi connectivity index (χ4v) is 3.71. The average Bonchev–Trinajstić information content (AvgIpc) is 2.23. The number of thioether (sulfide) groups is 1. The van der Waals surface area contributed by atoms with Crippen LogP contribution >= 0.6 is 11.8 Å². The Morgan fingerprint density at radius 3 is 2.56 bits per heavy atom. The van der Waals surface area contributed by atoms with Gasteiger partial charge in [-0.2, -0.15) is 0 Å². The van der Waals surface area contributed by atoms with E-state index in [1.54, 1.807) is 18.7 Å². The van der Waals surface area contributed by atoms with E-state index >= 15 is 0 Å². The Bertz CT molecular complexity index is 450. The lowest BCUT2D eigenvalue weighted by Crippen LogP contribution is -2.10. The van der Waals surface area contributed by atoms with Crippen LogP contribution in [-0.2, 0) is 9.84 Å². The SMILES string of the molecule is CCS(=O)(=O)CCSc1cc(C)ccc1C. The standard InChI is InChI=1S/C12H18O2S2/c1-4-16(13,14)8-7-15-12-9-10(2)5-6-11(12)3/h5-6,9H,4,7-8H2,1-3H3. The fourth-order valence-electron chi connectivity index (χ4n) is 1.29. The Hall–Kier alpha value is -0.480. The molecule has 0 aromatic heterocycles. The normalized spacial score (nSPS) is 11.7. The van der Waals surface area contributed by atoms with E-state index in [1.807, 2.05) is 6.92 Å². The first kappa shape index (κ1) is 13.6. The zero-order valence-electron chi connectivity index (χ0n) is 9.99. The smallest absolute Gasteiger partial charge is 0.150 e. The van der Waals surface area contributed by atoms with Gasteiger partial charge < -0.3 is 0 Å². The first-order chi connectivity index (χ1) is 7.44. The number of aryl methyl sites for hydroxylation is 2. The van der Waals surface area contributed by atoms with Gasteiger partial charge in [0.15, 0.2) is 9.84 Å². The molecule has 2 nitrogen and oxygen atoms in total. The lowest BCUT2D eigenvalue weighted by atomic mass is 10.2. The highest BCUT2D eigenvalue weighted by Gasteiger charge is 2.08. The molecule has 0 heterocycles. The molecule has 1 aromatic rings. The van der Waals surface area contributed by atoms with Crippen LogP contribution in [0, 0.1) is 13.8 Å². The molecule has 0 N–H and O–H groups in total. The number of rotatable bonds is 5. The van der Waals surface area contributed by atoms with Crippen LogP contribution < -0.4 is 0 Å². The topological polar surface area (TPSA) is 34.1 Å². The maximum absolute atomic E-state index is 11.3. The minimum atomic E-state index is -2.83. The summed E-state index contributed by atoms with van der Waals surface area (Å²) in [5, 5.41) is 0. The van der Waals surface area contributed by atoms with Gasteiger partial charge in [-0.05, 0) is 25.5 Å². The molecule has 1 aromatic carbocycles. The van der Waals surface area contributed by atoms with Crippen LogP contribution in [0.2, 0.25) is 0 Å². The van der Waals surface area contributed by atoms with Crippen molar-refractivity contribution < 1.29 is 8.42 Å². The zero-order chi connectivity index (χ0) is 12.2. The van der Waals surface area contributed by atoms with E-state index in [2.05, 4.69) is 25.1 Å². The Kier molecular flexibility index (Phi) is 4.87. The summed E-state index contributed by atoms with van der Waals surface area (Å²) in [6.07, 6.45) is 0. The molecular weight excluding hydrogens is 240 g/mol. The summed E-state index contributed by atoms with van der Waals surface area (Å²) in [5.41, 5.74) is 2.43. The third-order valence-corrected chi connectivity index (χ3v) is 5.56. The van der Waals surface area contributed by atoms with Crippen molar-refractivity contribution in [1.82, 2.24) is 0 Å². The third-order valence-electron chi connectivity index (χ3n) is 2.44. The summed E-state index contributed by atoms with van der Waals surface area (Å²) in [5.74, 6) is 1.14. The molecule has 0 saturated heterocycles. The first-order valence-corrected chi connectivity index (χ1v) is 8.16. The third kappa shape index (κ3) is 4.18. The Morgan fingerprint density at radius 1 is 1.25 bits per heavy atom. The monoisotopic (exact) mass is 258 g/mol. The molecule has 0 atom stereocenters. The molecule has 0 unspecified atom stereocenters. The summed E-state index contributed by atoms with van der Waals surface area (Å²) < 4.78 is 22.7. The predicted octanol–water partition coefficient (Wildman–Crippen LogP) is 2.83. The van der Waals surface area contributed by atoms with Crippen LogP contribution in [0.3, 0.4) is 0 Å². The van der Waals surface area contributed by atoms with Gasteiger partial charge in [-0.3, -0.25) is 0 Å². The van der Waals surface area contributed by atoms with Gasteiger partial charge in [0.1, 0.15) is 0 Å². The summed E-state index contributed by atoms with van der Waals surface area (Å²) in [6, 6.07) is 6.26. The van der Waals surface area contributed by atoms with Gasteiger partial charge in [0.2, 0.25) is 0 Å². The van der Waals surface area contributed by atoms with Crippen LogP contribution in [0.15, 0.2) is 23.1 Å². The minimum absolute atomic E-state index is 0.236. The van der Waals surface area contributed by atoms with E-state index < -0.39 is 9.84 Å². The van der Waals surface area contributed by atoms with E-state index in [1.165, 1.54) is 16.0 Å². The molecule has 0 aliphatic heterocycles. The van der Waals surface area contributed by atoms with Gasteiger partial charge in [0, 0.05) is 16.4 Å². The van der Waals surface area contributed by atoms with Crippen LogP contribution in [0.5, 0.6) is 0 Å². The van der Waals surface area contributed by atoms with Crippen molar-refractivity contribution in [3.63, 3.8) is 0 Å². The Morgan fingerprint density at radius 2 is 1.94 bits per heavy atom. The maximum Gasteiger partial charge on any atom is 0.150 e. The fraction of sp³-hybridized carbons (Fsp3) is 0.500. The molecule has 16 heavy (non-hydrogen) atoms. The number of hydrogen-bond donors (Lipinski definition) is 0. The second-order valence-corrected chi connectivity index (χ2v) is 7.46. The lowest BCUT2D eigenvalue weighted by Gasteiger charge is -2.06. The second-order valence-electron chi connectivity index (χ2n) is 3.85. The van der Waals surface area contributed by atoms with E-state index in [-0.39, 0.29) is 11.5 Å². The lowest BCUT2D eigenvalue weighted by molar-refractivity contribution is 0.599. The molecule has 0 radical (unpaired) electrons. The van der Waals surface area contributed by atoms with Gasteiger partial charge in [-0.15, -0.1) is 11.8 Å². The molecule has 0 aliphatic rings. The van der Waals surface area contributed by atoms with E-state index in [4.69, 9.17) is 0 Å². The quantitative estimate of drug-likeness (QED) is 0.762. The molecule has 0 bridgehead atoms. The van der Waals surface area contributed by atoms with Gasteiger partial charge in [0.05, 0.1) is 5.75 Å². The zero-order valence-corrected chi connectivity index (χ0v) is 11.6. The van der Waals surface area contributed by atoms with Gasteiger partial charge in [-0.1, -0.05) is 24.6 Å². The van der Waals surface area contributed by atoms with Crippen molar-refractivity contribution >= 4 is 21.6 Å². The summed E-state index contributed by atoms with van der Waals surface area (Å²) in [4.78, 5) is 1.19. The highest BCUT2D eigenvalue weighted by atomic mass is 32.2. The number of hydrogen-bond acceptors (Lipinski definition) is 3. The first-order valence-electron chi connectivity index (χ1n) is 5.35. The molecule has 4 heteroatoms. The summed E-state index contributed by atoms with van der Waals surface area (Å²) in [6.45, 7) is 5.79. The van der Waals surface area contributed by atoms with Crippen molar-refractivity contribution in [3.8, 4) is 0 Å². The summed E-state index contributed by atoms with van der Waals surface area (Å²) >= 11 is 1.62. The minimum Gasteiger partial charge on any atom is -0.229 e. The van der Waals surface area contributed by atoms with Crippen molar-refractivity contribution in [1.29, 1.82) is 0 Å². The highest BCUT2D eigenvalue weighted by molar-refractivity contribution is 8.00.